The molecule has 8 nitrogen and oxygen atoms in total. The third kappa shape index (κ3) is 3.77. The van der Waals surface area contributed by atoms with E-state index in [0.29, 0.717) is 0 Å². The van der Waals surface area contributed by atoms with Crippen LogP contribution in [0.1, 0.15) is 16.9 Å². The van der Waals surface area contributed by atoms with Crippen molar-refractivity contribution in [3.63, 3.8) is 0 Å². The number of hydrogen-bond acceptors (Lipinski definition) is 7. The van der Waals surface area contributed by atoms with Crippen molar-refractivity contribution in [1.29, 1.82) is 0 Å². The number of amides is 1. The molecule has 22 heavy (non-hydrogen) atoms. The van der Waals surface area contributed by atoms with E-state index in [4.69, 9.17) is 0 Å². The summed E-state index contributed by atoms with van der Waals surface area (Å²) in [7, 11) is -3.54. The topological polar surface area (TPSA) is 107 Å². The summed E-state index contributed by atoms with van der Waals surface area (Å²) >= 11 is 3.06. The van der Waals surface area contributed by atoms with Gasteiger partial charge in [0.15, 0.2) is 11.5 Å². The fourth-order valence-corrected chi connectivity index (χ4v) is 3.24. The first-order valence-electron chi connectivity index (χ1n) is 6.05. The lowest BCUT2D eigenvalue weighted by Gasteiger charge is -2.17. The number of anilines is 1. The van der Waals surface area contributed by atoms with Crippen molar-refractivity contribution in [2.75, 3.05) is 24.3 Å². The third-order valence-electron chi connectivity index (χ3n) is 3.00. The maximum atomic E-state index is 12.7. The molecule has 0 aromatic carbocycles. The second-order valence-electron chi connectivity index (χ2n) is 4.64. The Hall–Kier alpha value is -1.62. The van der Waals surface area contributed by atoms with Crippen LogP contribution in [0.25, 0.3) is 0 Å². The molecule has 0 aliphatic carbocycles. The Morgan fingerprint density at radius 3 is 2.86 bits per heavy atom. The molecule has 1 saturated heterocycles. The van der Waals surface area contributed by atoms with Gasteiger partial charge in [0.2, 0.25) is 5.91 Å². The molecule has 1 aromatic rings. The van der Waals surface area contributed by atoms with Crippen molar-refractivity contribution in [3.05, 3.63) is 16.5 Å². The Labute approximate surface area is 134 Å². The fourth-order valence-electron chi connectivity index (χ4n) is 2.17. The molecule has 0 saturated carbocycles. The molecule has 0 radical (unpaired) electrons. The van der Waals surface area contributed by atoms with E-state index in [0.717, 1.165) is 12.0 Å². The molecule has 0 spiro atoms. The van der Waals surface area contributed by atoms with Crippen molar-refractivity contribution >= 4 is 43.8 Å². The first-order valence-corrected chi connectivity index (χ1v) is 8.39. The van der Waals surface area contributed by atoms with Gasteiger partial charge in [-0.15, -0.1) is 3.89 Å². The SMILES string of the molecule is COC(=O)c1nc(Br)cnc1N1CC(CS(=O)(=O)F)CC1=O. The van der Waals surface area contributed by atoms with Gasteiger partial charge in [0.05, 0.1) is 19.1 Å². The van der Waals surface area contributed by atoms with Crippen molar-refractivity contribution in [2.24, 2.45) is 5.92 Å². The molecule has 1 fully saturated rings. The quantitative estimate of drug-likeness (QED) is 0.544. The van der Waals surface area contributed by atoms with Gasteiger partial charge in [0.1, 0.15) is 4.60 Å². The lowest BCUT2D eigenvalue weighted by atomic mass is 10.1. The average Bonchev–Trinajstić information content (AvgIpc) is 2.76. The van der Waals surface area contributed by atoms with E-state index in [2.05, 4.69) is 30.6 Å². The molecule has 120 valence electrons. The van der Waals surface area contributed by atoms with Crippen LogP contribution in [-0.2, 0) is 19.8 Å². The van der Waals surface area contributed by atoms with Gasteiger partial charge in [-0.2, -0.15) is 8.42 Å². The number of halogens is 2. The van der Waals surface area contributed by atoms with Crippen LogP contribution in [0.5, 0.6) is 0 Å². The maximum Gasteiger partial charge on any atom is 0.360 e. The summed E-state index contributed by atoms with van der Waals surface area (Å²) in [5.41, 5.74) is -0.186. The second-order valence-corrected chi connectivity index (χ2v) is 6.86. The molecule has 1 unspecified atom stereocenters. The van der Waals surface area contributed by atoms with Crippen LogP contribution in [0, 0.1) is 5.92 Å². The Morgan fingerprint density at radius 2 is 2.27 bits per heavy atom. The fraction of sp³-hybridized carbons (Fsp3) is 0.455. The number of ether oxygens (including phenoxy) is 1. The maximum absolute atomic E-state index is 12.7. The van der Waals surface area contributed by atoms with Crippen molar-refractivity contribution in [2.45, 2.75) is 6.42 Å². The van der Waals surface area contributed by atoms with Gasteiger partial charge < -0.3 is 4.74 Å². The molecule has 2 rings (SSSR count). The molecule has 1 amide bonds. The number of methoxy groups -OCH3 is 1. The van der Waals surface area contributed by atoms with Crippen LogP contribution in [0.3, 0.4) is 0 Å². The molecule has 1 aromatic heterocycles. The molecule has 1 atom stereocenters. The zero-order valence-electron chi connectivity index (χ0n) is 11.3. The zero-order chi connectivity index (χ0) is 16.5. The lowest BCUT2D eigenvalue weighted by molar-refractivity contribution is -0.117. The predicted octanol–water partition coefficient (Wildman–Crippen LogP) is 0.678. The average molecular weight is 396 g/mol. The molecule has 11 heteroatoms. The third-order valence-corrected chi connectivity index (χ3v) is 4.25. The van der Waals surface area contributed by atoms with Crippen molar-refractivity contribution < 1.29 is 26.6 Å². The number of aromatic nitrogens is 2. The van der Waals surface area contributed by atoms with Crippen molar-refractivity contribution in [1.82, 2.24) is 9.97 Å². The summed E-state index contributed by atoms with van der Waals surface area (Å²) < 4.78 is 39.0. The Kier molecular flexibility index (Phi) is 4.75. The lowest BCUT2D eigenvalue weighted by Crippen LogP contribution is -2.29. The second kappa shape index (κ2) is 6.24. The van der Waals surface area contributed by atoms with E-state index < -0.39 is 33.8 Å². The minimum atomic E-state index is -4.69. The van der Waals surface area contributed by atoms with E-state index in [1.165, 1.54) is 6.20 Å². The molecule has 0 N–H and O–H groups in total. The molecule has 0 bridgehead atoms. The number of carbonyl (C=O) groups excluding carboxylic acids is 2. The summed E-state index contributed by atoms with van der Waals surface area (Å²) in [5.74, 6) is -2.77. The summed E-state index contributed by atoms with van der Waals surface area (Å²) in [6.07, 6.45) is 1.13. The number of esters is 1. The van der Waals surface area contributed by atoms with Gasteiger partial charge >= 0.3 is 16.2 Å². The first-order chi connectivity index (χ1) is 10.2. The van der Waals surface area contributed by atoms with Crippen LogP contribution in [-0.4, -0.2) is 49.7 Å². The number of nitrogens with zero attached hydrogens (tertiary/aromatic N) is 3. The standard InChI is InChI=1S/C11H11BrFN3O5S/c1-21-11(18)9-10(14-3-7(12)15-9)16-4-6(2-8(16)17)5-22(13,19)20/h3,6H,2,4-5H2,1H3. The summed E-state index contributed by atoms with van der Waals surface area (Å²) in [6.45, 7) is -0.0672. The minimum Gasteiger partial charge on any atom is -0.464 e. The summed E-state index contributed by atoms with van der Waals surface area (Å²) in [5, 5.41) is 0. The summed E-state index contributed by atoms with van der Waals surface area (Å²) in [4.78, 5) is 32.7. The van der Waals surface area contributed by atoms with Crippen LogP contribution in [0.2, 0.25) is 0 Å². The van der Waals surface area contributed by atoms with Gasteiger partial charge in [0, 0.05) is 18.9 Å². The van der Waals surface area contributed by atoms with Crippen LogP contribution < -0.4 is 4.90 Å². The van der Waals surface area contributed by atoms with Gasteiger partial charge in [-0.25, -0.2) is 14.8 Å². The normalized spacial score (nSPS) is 18.6. The van der Waals surface area contributed by atoms with Crippen LogP contribution >= 0.6 is 15.9 Å². The Balaban J connectivity index is 2.32. The number of hydrogen-bond donors (Lipinski definition) is 0. The smallest absolute Gasteiger partial charge is 0.360 e. The molecule has 1 aliphatic rings. The Bertz CT molecular complexity index is 726. The monoisotopic (exact) mass is 395 g/mol. The first kappa shape index (κ1) is 16.7. The van der Waals surface area contributed by atoms with Crippen molar-refractivity contribution in [3.8, 4) is 0 Å². The van der Waals surface area contributed by atoms with E-state index in [-0.39, 0.29) is 29.1 Å². The predicted molar refractivity (Wildman–Crippen MR) is 76.4 cm³/mol. The number of carbonyl (C=O) groups is 2. The highest BCUT2D eigenvalue weighted by atomic mass is 79.9. The van der Waals surface area contributed by atoms with Gasteiger partial charge in [-0.05, 0) is 15.9 Å². The largest absolute Gasteiger partial charge is 0.464 e. The van der Waals surface area contributed by atoms with E-state index in [1.807, 2.05) is 0 Å². The van der Waals surface area contributed by atoms with Gasteiger partial charge in [-0.3, -0.25) is 9.69 Å². The van der Waals surface area contributed by atoms with E-state index >= 15 is 0 Å². The number of rotatable bonds is 4. The van der Waals surface area contributed by atoms with Crippen LogP contribution in [0.15, 0.2) is 10.8 Å². The summed E-state index contributed by atoms with van der Waals surface area (Å²) in [6, 6.07) is 0. The highest BCUT2D eigenvalue weighted by molar-refractivity contribution is 9.10. The van der Waals surface area contributed by atoms with Crippen LogP contribution in [0.4, 0.5) is 9.70 Å². The molecular formula is C11H11BrFN3O5S. The molecular weight excluding hydrogens is 385 g/mol. The van der Waals surface area contributed by atoms with E-state index in [9.17, 15) is 21.9 Å². The zero-order valence-corrected chi connectivity index (χ0v) is 13.7. The minimum absolute atomic E-state index is 0.0428. The highest BCUT2D eigenvalue weighted by Crippen LogP contribution is 2.27. The molecule has 2 heterocycles. The Morgan fingerprint density at radius 1 is 1.59 bits per heavy atom. The highest BCUT2D eigenvalue weighted by Gasteiger charge is 2.36. The molecule has 1 aliphatic heterocycles. The van der Waals surface area contributed by atoms with E-state index in [1.54, 1.807) is 0 Å². The van der Waals surface area contributed by atoms with Gasteiger partial charge in [-0.1, -0.05) is 0 Å². The van der Waals surface area contributed by atoms with Gasteiger partial charge in [0.25, 0.3) is 0 Å².